The number of rotatable bonds is 7. The van der Waals surface area contributed by atoms with Crippen LogP contribution in [0.25, 0.3) is 0 Å². The van der Waals surface area contributed by atoms with Crippen LogP contribution in [0.3, 0.4) is 0 Å². The normalized spacial score (nSPS) is 12.2. The van der Waals surface area contributed by atoms with E-state index in [9.17, 15) is 9.90 Å². The molecule has 1 heterocycles. The molecule has 1 unspecified atom stereocenters. The molecule has 0 aromatic carbocycles. The van der Waals surface area contributed by atoms with Gasteiger partial charge in [0.05, 0.1) is 5.69 Å². The van der Waals surface area contributed by atoms with Crippen LogP contribution < -0.4 is 5.32 Å². The molecule has 0 spiro atoms. The highest BCUT2D eigenvalue weighted by molar-refractivity contribution is 7.99. The molecule has 1 rings (SSSR count). The fourth-order valence-corrected chi connectivity index (χ4v) is 2.49. The molecule has 106 valence electrons. The Morgan fingerprint density at radius 2 is 2.11 bits per heavy atom. The predicted octanol–water partition coefficient (Wildman–Crippen LogP) is 2.74. The van der Waals surface area contributed by atoms with Gasteiger partial charge in [-0.3, -0.25) is 0 Å². The van der Waals surface area contributed by atoms with Gasteiger partial charge in [0.2, 0.25) is 0 Å². The monoisotopic (exact) mass is 283 g/mol. The summed E-state index contributed by atoms with van der Waals surface area (Å²) in [6, 6.07) is 0.175. The fourth-order valence-electron chi connectivity index (χ4n) is 1.68. The Hall–Kier alpha value is -1.30. The van der Waals surface area contributed by atoms with Crippen LogP contribution in [0.5, 0.6) is 0 Å². The van der Waals surface area contributed by atoms with Crippen molar-refractivity contribution in [3.63, 3.8) is 0 Å². The lowest BCUT2D eigenvalue weighted by Crippen LogP contribution is -2.21. The van der Waals surface area contributed by atoms with Crippen LogP contribution in [-0.4, -0.2) is 38.8 Å². The van der Waals surface area contributed by atoms with Crippen molar-refractivity contribution < 1.29 is 9.90 Å². The van der Waals surface area contributed by atoms with E-state index in [-0.39, 0.29) is 11.6 Å². The largest absolute Gasteiger partial charge is 0.478 e. The van der Waals surface area contributed by atoms with E-state index in [1.165, 1.54) is 0 Å². The van der Waals surface area contributed by atoms with Gasteiger partial charge < -0.3 is 10.4 Å². The summed E-state index contributed by atoms with van der Waals surface area (Å²) in [6.45, 7) is 7.68. The average Bonchev–Trinajstić information content (AvgIpc) is 2.34. The number of hydrogen-bond acceptors (Lipinski definition) is 5. The van der Waals surface area contributed by atoms with Crippen LogP contribution in [0.2, 0.25) is 0 Å². The van der Waals surface area contributed by atoms with Gasteiger partial charge in [0, 0.05) is 6.04 Å². The van der Waals surface area contributed by atoms with Gasteiger partial charge in [-0.15, -0.1) is 5.10 Å². The lowest BCUT2D eigenvalue weighted by Gasteiger charge is -2.16. The number of aryl methyl sites for hydroxylation is 1. The maximum absolute atomic E-state index is 11.3. The second-order valence-electron chi connectivity index (χ2n) is 4.47. The molecule has 1 atom stereocenters. The van der Waals surface area contributed by atoms with Gasteiger partial charge in [-0.25, -0.2) is 4.79 Å². The Balaban J connectivity index is 2.83. The standard InChI is InChI=1S/C13H21N3O2S/c1-5-19-7-6-8(2)14-12-11(13(17)18)9(3)10(4)15-16-12/h8H,5-7H2,1-4H3,(H,14,16)(H,17,18). The molecule has 0 radical (unpaired) electrons. The van der Waals surface area contributed by atoms with Crippen LogP contribution in [0.1, 0.15) is 41.9 Å². The number of carboxylic acid groups (broad SMARTS) is 1. The molecule has 0 amide bonds. The van der Waals surface area contributed by atoms with Crippen molar-refractivity contribution in [2.24, 2.45) is 0 Å². The van der Waals surface area contributed by atoms with Gasteiger partial charge in [0.1, 0.15) is 5.56 Å². The summed E-state index contributed by atoms with van der Waals surface area (Å²) in [7, 11) is 0. The molecule has 5 nitrogen and oxygen atoms in total. The number of carboxylic acids is 1. The summed E-state index contributed by atoms with van der Waals surface area (Å²) in [5.41, 5.74) is 1.54. The lowest BCUT2D eigenvalue weighted by molar-refractivity contribution is 0.0696. The summed E-state index contributed by atoms with van der Waals surface area (Å²) in [4.78, 5) is 11.3. The highest BCUT2D eigenvalue weighted by Gasteiger charge is 2.18. The SMILES string of the molecule is CCSCCC(C)Nc1nnc(C)c(C)c1C(=O)O. The molecule has 1 aromatic heterocycles. The lowest BCUT2D eigenvalue weighted by atomic mass is 10.1. The third-order valence-electron chi connectivity index (χ3n) is 2.95. The van der Waals surface area contributed by atoms with E-state index in [4.69, 9.17) is 0 Å². The zero-order chi connectivity index (χ0) is 14.4. The summed E-state index contributed by atoms with van der Waals surface area (Å²) < 4.78 is 0. The number of carbonyl (C=O) groups is 1. The summed E-state index contributed by atoms with van der Waals surface area (Å²) in [5.74, 6) is 1.54. The first-order valence-electron chi connectivity index (χ1n) is 6.38. The number of thioether (sulfide) groups is 1. The molecule has 0 aliphatic carbocycles. The maximum atomic E-state index is 11.3. The van der Waals surface area contributed by atoms with Crippen LogP contribution in [-0.2, 0) is 0 Å². The number of aromatic nitrogens is 2. The molecule has 19 heavy (non-hydrogen) atoms. The third-order valence-corrected chi connectivity index (χ3v) is 3.88. The molecular weight excluding hydrogens is 262 g/mol. The van der Waals surface area contributed by atoms with E-state index in [1.54, 1.807) is 13.8 Å². The van der Waals surface area contributed by atoms with Gasteiger partial charge in [-0.05, 0) is 44.3 Å². The maximum Gasteiger partial charge on any atom is 0.339 e. The Bertz CT molecular complexity index is 452. The Morgan fingerprint density at radius 1 is 1.42 bits per heavy atom. The van der Waals surface area contributed by atoms with E-state index in [0.717, 1.165) is 17.9 Å². The van der Waals surface area contributed by atoms with Crippen molar-refractivity contribution in [1.29, 1.82) is 0 Å². The van der Waals surface area contributed by atoms with Crippen molar-refractivity contribution in [2.75, 3.05) is 16.8 Å². The number of aromatic carboxylic acids is 1. The summed E-state index contributed by atoms with van der Waals surface area (Å²) in [5, 5.41) is 20.4. The molecule has 0 aliphatic heterocycles. The predicted molar refractivity (Wildman–Crippen MR) is 79.2 cm³/mol. The van der Waals surface area contributed by atoms with Crippen LogP contribution in [0.4, 0.5) is 5.82 Å². The van der Waals surface area contributed by atoms with E-state index >= 15 is 0 Å². The van der Waals surface area contributed by atoms with Crippen molar-refractivity contribution in [2.45, 2.75) is 40.2 Å². The van der Waals surface area contributed by atoms with Gasteiger partial charge in [-0.1, -0.05) is 6.92 Å². The third kappa shape index (κ3) is 4.38. The Kier molecular flexibility index (Phi) is 6.08. The minimum atomic E-state index is -0.965. The first-order chi connectivity index (χ1) is 8.97. The van der Waals surface area contributed by atoms with Crippen molar-refractivity contribution in [3.05, 3.63) is 16.8 Å². The van der Waals surface area contributed by atoms with Gasteiger partial charge >= 0.3 is 5.97 Å². The Labute approximate surface area is 118 Å². The first-order valence-corrected chi connectivity index (χ1v) is 7.54. The van der Waals surface area contributed by atoms with Crippen LogP contribution in [0.15, 0.2) is 0 Å². The zero-order valence-corrected chi connectivity index (χ0v) is 12.7. The van der Waals surface area contributed by atoms with Crippen LogP contribution >= 0.6 is 11.8 Å². The molecule has 0 saturated carbocycles. The first kappa shape index (κ1) is 15.8. The quantitative estimate of drug-likeness (QED) is 0.749. The number of anilines is 1. The molecule has 1 aromatic rings. The minimum Gasteiger partial charge on any atom is -0.478 e. The van der Waals surface area contributed by atoms with Gasteiger partial charge in [-0.2, -0.15) is 16.9 Å². The fraction of sp³-hybridized carbons (Fsp3) is 0.615. The number of nitrogens with zero attached hydrogens (tertiary/aromatic N) is 2. The van der Waals surface area contributed by atoms with Crippen molar-refractivity contribution in [3.8, 4) is 0 Å². The molecule has 0 bridgehead atoms. The molecule has 6 heteroatoms. The van der Waals surface area contributed by atoms with Crippen molar-refractivity contribution in [1.82, 2.24) is 10.2 Å². The second-order valence-corrected chi connectivity index (χ2v) is 5.86. The summed E-state index contributed by atoms with van der Waals surface area (Å²) in [6.07, 6.45) is 0.964. The highest BCUT2D eigenvalue weighted by Crippen LogP contribution is 2.19. The van der Waals surface area contributed by atoms with E-state index < -0.39 is 5.97 Å². The number of nitrogens with one attached hydrogen (secondary N) is 1. The molecular formula is C13H21N3O2S. The highest BCUT2D eigenvalue weighted by atomic mass is 32.2. The van der Waals surface area contributed by atoms with Crippen molar-refractivity contribution >= 4 is 23.5 Å². The molecule has 0 fully saturated rings. The van der Waals surface area contributed by atoms with E-state index in [1.807, 2.05) is 18.7 Å². The smallest absolute Gasteiger partial charge is 0.339 e. The van der Waals surface area contributed by atoms with Crippen LogP contribution in [0, 0.1) is 13.8 Å². The second kappa shape index (κ2) is 7.33. The Morgan fingerprint density at radius 3 is 2.68 bits per heavy atom. The van der Waals surface area contributed by atoms with Gasteiger partial charge in [0.25, 0.3) is 0 Å². The van der Waals surface area contributed by atoms with E-state index in [2.05, 4.69) is 22.4 Å². The minimum absolute atomic E-state index is 0.175. The van der Waals surface area contributed by atoms with Gasteiger partial charge in [0.15, 0.2) is 5.82 Å². The zero-order valence-electron chi connectivity index (χ0n) is 11.9. The molecule has 0 saturated heterocycles. The molecule has 0 aliphatic rings. The topological polar surface area (TPSA) is 75.1 Å². The van der Waals surface area contributed by atoms with E-state index in [0.29, 0.717) is 17.1 Å². The average molecular weight is 283 g/mol. The number of hydrogen-bond donors (Lipinski definition) is 2. The molecule has 2 N–H and O–H groups in total. The summed E-state index contributed by atoms with van der Waals surface area (Å²) >= 11 is 1.87.